The first-order valence-electron chi connectivity index (χ1n) is 8.23. The van der Waals surface area contributed by atoms with E-state index in [0.717, 1.165) is 11.4 Å². The number of aromatic nitrogens is 1. The topological polar surface area (TPSA) is 83.4 Å². The van der Waals surface area contributed by atoms with Gasteiger partial charge < -0.3 is 24.5 Å². The lowest BCUT2D eigenvalue weighted by molar-refractivity contribution is -0.308. The minimum Gasteiger partial charge on any atom is -0.548 e. The molecule has 1 aromatic carbocycles. The molecule has 0 saturated carbocycles. The number of carbonyl (C=O) groups is 2. The Bertz CT molecular complexity index is 801. The van der Waals surface area contributed by atoms with Crippen molar-refractivity contribution in [3.8, 4) is 11.4 Å². The number of benzene rings is 1. The Morgan fingerprint density at radius 3 is 2.62 bits per heavy atom. The summed E-state index contributed by atoms with van der Waals surface area (Å²) in [6, 6.07) is 8.26. The van der Waals surface area contributed by atoms with Crippen LogP contribution >= 0.6 is 11.8 Å². The van der Waals surface area contributed by atoms with Crippen molar-refractivity contribution in [1.29, 1.82) is 0 Å². The summed E-state index contributed by atoms with van der Waals surface area (Å²) >= 11 is 1.52. The summed E-state index contributed by atoms with van der Waals surface area (Å²) in [4.78, 5) is 23.9. The fourth-order valence-electron chi connectivity index (χ4n) is 2.90. The summed E-state index contributed by atoms with van der Waals surface area (Å²) in [6.45, 7) is 3.71. The molecule has 140 valence electrons. The number of aryl methyl sites for hydroxylation is 1. The molecule has 0 bridgehead atoms. The molecule has 2 rings (SSSR count). The van der Waals surface area contributed by atoms with Crippen LogP contribution in [0.3, 0.4) is 0 Å². The molecule has 0 aliphatic carbocycles. The second-order valence-corrected chi connectivity index (χ2v) is 6.90. The average molecular weight is 375 g/mol. The zero-order valence-electron chi connectivity index (χ0n) is 15.4. The number of nitrogens with zero attached hydrogens (tertiary/aromatic N) is 1. The molecule has 2 aromatic rings. The Morgan fingerprint density at radius 2 is 2.00 bits per heavy atom. The SMILES string of the molecule is COc1ccccc1-n1c(C)cc(C(=O)N[C@@H](CCSC)C(=O)[O-])c1C. The maximum absolute atomic E-state index is 12.6. The molecule has 0 aliphatic rings. The van der Waals surface area contributed by atoms with Gasteiger partial charge in [0.15, 0.2) is 0 Å². The van der Waals surface area contributed by atoms with Gasteiger partial charge in [0, 0.05) is 11.4 Å². The molecule has 1 aromatic heterocycles. The minimum absolute atomic E-state index is 0.320. The van der Waals surface area contributed by atoms with Gasteiger partial charge in [0.1, 0.15) is 5.75 Å². The number of hydrogen-bond donors (Lipinski definition) is 1. The van der Waals surface area contributed by atoms with Crippen molar-refractivity contribution in [1.82, 2.24) is 9.88 Å². The zero-order chi connectivity index (χ0) is 19.3. The maximum atomic E-state index is 12.6. The summed E-state index contributed by atoms with van der Waals surface area (Å²) in [7, 11) is 1.59. The minimum atomic E-state index is -1.27. The highest BCUT2D eigenvalue weighted by Crippen LogP contribution is 2.27. The smallest absolute Gasteiger partial charge is 0.253 e. The Morgan fingerprint density at radius 1 is 1.31 bits per heavy atom. The second-order valence-electron chi connectivity index (χ2n) is 5.92. The molecule has 1 amide bonds. The van der Waals surface area contributed by atoms with Crippen molar-refractivity contribution in [3.63, 3.8) is 0 Å². The van der Waals surface area contributed by atoms with Gasteiger partial charge in [-0.3, -0.25) is 4.79 Å². The van der Waals surface area contributed by atoms with E-state index in [1.54, 1.807) is 13.2 Å². The highest BCUT2D eigenvalue weighted by Gasteiger charge is 2.21. The lowest BCUT2D eigenvalue weighted by Gasteiger charge is -2.19. The van der Waals surface area contributed by atoms with Crippen LogP contribution in [0, 0.1) is 13.8 Å². The van der Waals surface area contributed by atoms with Gasteiger partial charge in [0.2, 0.25) is 0 Å². The summed E-state index contributed by atoms with van der Waals surface area (Å²) in [5, 5.41) is 13.8. The first-order valence-corrected chi connectivity index (χ1v) is 9.63. The predicted octanol–water partition coefficient (Wildman–Crippen LogP) is 1.70. The van der Waals surface area contributed by atoms with Crippen LogP contribution in [0.2, 0.25) is 0 Å². The van der Waals surface area contributed by atoms with Gasteiger partial charge in [-0.25, -0.2) is 0 Å². The van der Waals surface area contributed by atoms with Crippen LogP contribution in [0.5, 0.6) is 5.75 Å². The molecule has 1 N–H and O–H groups in total. The molecule has 0 unspecified atom stereocenters. The van der Waals surface area contributed by atoms with Gasteiger partial charge in [0.05, 0.1) is 30.4 Å². The van der Waals surface area contributed by atoms with Crippen LogP contribution < -0.4 is 15.2 Å². The van der Waals surface area contributed by atoms with E-state index in [1.165, 1.54) is 11.8 Å². The quantitative estimate of drug-likeness (QED) is 0.759. The third kappa shape index (κ3) is 4.22. The van der Waals surface area contributed by atoms with Crippen molar-refractivity contribution in [2.75, 3.05) is 19.1 Å². The number of para-hydroxylation sites is 2. The largest absolute Gasteiger partial charge is 0.548 e. The Kier molecular flexibility index (Phi) is 6.74. The number of ether oxygens (including phenoxy) is 1. The van der Waals surface area contributed by atoms with Gasteiger partial charge in [-0.05, 0) is 50.5 Å². The maximum Gasteiger partial charge on any atom is 0.253 e. The van der Waals surface area contributed by atoms with Gasteiger partial charge in [-0.2, -0.15) is 11.8 Å². The molecule has 0 spiro atoms. The zero-order valence-corrected chi connectivity index (χ0v) is 16.2. The van der Waals surface area contributed by atoms with Crippen LogP contribution in [-0.2, 0) is 4.79 Å². The van der Waals surface area contributed by atoms with Crippen molar-refractivity contribution in [2.24, 2.45) is 0 Å². The first kappa shape index (κ1) is 19.9. The highest BCUT2D eigenvalue weighted by molar-refractivity contribution is 7.98. The lowest BCUT2D eigenvalue weighted by Crippen LogP contribution is -2.48. The average Bonchev–Trinajstić information content (AvgIpc) is 2.92. The molecule has 1 heterocycles. The number of carboxylic acids is 1. The number of methoxy groups -OCH3 is 1. The first-order chi connectivity index (χ1) is 12.4. The molecular weight excluding hydrogens is 352 g/mol. The van der Waals surface area contributed by atoms with E-state index in [0.29, 0.717) is 29.2 Å². The van der Waals surface area contributed by atoms with Gasteiger partial charge >= 0.3 is 0 Å². The number of rotatable bonds is 8. The van der Waals surface area contributed by atoms with Crippen LogP contribution in [0.1, 0.15) is 28.2 Å². The van der Waals surface area contributed by atoms with Crippen LogP contribution in [-0.4, -0.2) is 41.6 Å². The van der Waals surface area contributed by atoms with E-state index in [1.807, 2.05) is 48.9 Å². The number of nitrogens with one attached hydrogen (secondary N) is 1. The molecule has 1 atom stereocenters. The predicted molar refractivity (Wildman–Crippen MR) is 101 cm³/mol. The molecular formula is C19H23N2O4S-. The Balaban J connectivity index is 2.34. The van der Waals surface area contributed by atoms with E-state index in [4.69, 9.17) is 4.74 Å². The summed E-state index contributed by atoms with van der Waals surface area (Å²) < 4.78 is 7.33. The number of carbonyl (C=O) groups excluding carboxylic acids is 2. The highest BCUT2D eigenvalue weighted by atomic mass is 32.2. The van der Waals surface area contributed by atoms with Gasteiger partial charge in [-0.1, -0.05) is 12.1 Å². The number of hydrogen-bond acceptors (Lipinski definition) is 5. The van der Waals surface area contributed by atoms with Crippen LogP contribution in [0.15, 0.2) is 30.3 Å². The number of amides is 1. The molecule has 0 radical (unpaired) electrons. The van der Waals surface area contributed by atoms with Crippen molar-refractivity contribution < 1.29 is 19.4 Å². The summed E-state index contributed by atoms with van der Waals surface area (Å²) in [5.74, 6) is -0.381. The molecule has 0 saturated heterocycles. The number of aliphatic carboxylic acids is 1. The van der Waals surface area contributed by atoms with E-state index in [-0.39, 0.29) is 0 Å². The van der Waals surface area contributed by atoms with Crippen LogP contribution in [0.4, 0.5) is 0 Å². The van der Waals surface area contributed by atoms with Crippen LogP contribution in [0.25, 0.3) is 5.69 Å². The van der Waals surface area contributed by atoms with Gasteiger partial charge in [-0.15, -0.1) is 0 Å². The Hall–Kier alpha value is -2.41. The normalized spacial score (nSPS) is 11.8. The summed E-state index contributed by atoms with van der Waals surface area (Å²) in [5.41, 5.74) is 2.82. The third-order valence-corrected chi connectivity index (χ3v) is 4.85. The molecule has 7 heteroatoms. The fourth-order valence-corrected chi connectivity index (χ4v) is 3.37. The van der Waals surface area contributed by atoms with E-state index in [9.17, 15) is 14.7 Å². The molecule has 6 nitrogen and oxygen atoms in total. The monoisotopic (exact) mass is 375 g/mol. The molecule has 26 heavy (non-hydrogen) atoms. The standard InChI is InChI=1S/C19H24N2O4S/c1-12-11-14(18(22)20-15(19(23)24)9-10-26-4)13(2)21(12)16-7-5-6-8-17(16)25-3/h5-8,11,15H,9-10H2,1-4H3,(H,20,22)(H,23,24)/p-1/t15-/m0/s1. The van der Waals surface area contributed by atoms with Crippen molar-refractivity contribution in [3.05, 3.63) is 47.3 Å². The Labute approximate surface area is 157 Å². The number of carboxylic acid groups (broad SMARTS) is 1. The van der Waals surface area contributed by atoms with Gasteiger partial charge in [0.25, 0.3) is 5.91 Å². The van der Waals surface area contributed by atoms with Crippen molar-refractivity contribution in [2.45, 2.75) is 26.3 Å². The van der Waals surface area contributed by atoms with E-state index < -0.39 is 17.9 Å². The summed E-state index contributed by atoms with van der Waals surface area (Å²) in [6.07, 6.45) is 2.20. The van der Waals surface area contributed by atoms with E-state index in [2.05, 4.69) is 5.32 Å². The van der Waals surface area contributed by atoms with Crippen molar-refractivity contribution >= 4 is 23.6 Å². The van der Waals surface area contributed by atoms with E-state index >= 15 is 0 Å². The third-order valence-electron chi connectivity index (χ3n) is 4.20. The molecule has 0 aliphatic heterocycles. The number of thioether (sulfide) groups is 1. The lowest BCUT2D eigenvalue weighted by atomic mass is 10.2. The second kappa shape index (κ2) is 8.80. The fraction of sp³-hybridized carbons (Fsp3) is 0.368. The molecule has 0 fully saturated rings.